The number of ether oxygens (including phenoxy) is 2. The van der Waals surface area contributed by atoms with Crippen LogP contribution in [0.1, 0.15) is 15.9 Å². The number of nitrogens with one attached hydrogen (secondary N) is 2. The van der Waals surface area contributed by atoms with Crippen molar-refractivity contribution in [2.45, 2.75) is 6.42 Å². The van der Waals surface area contributed by atoms with Crippen LogP contribution in [0, 0.1) is 0 Å². The monoisotopic (exact) mass is 444 g/mol. The molecule has 8 nitrogen and oxygen atoms in total. The Bertz CT molecular complexity index is 1220. The van der Waals surface area contributed by atoms with E-state index in [4.69, 9.17) is 13.9 Å². The molecule has 0 aliphatic heterocycles. The molecule has 0 unspecified atom stereocenters. The molecule has 2 heterocycles. The Labute approximate surface area is 191 Å². The lowest BCUT2D eigenvalue weighted by molar-refractivity contribution is 0.102. The molecule has 0 atom stereocenters. The van der Waals surface area contributed by atoms with Crippen LogP contribution < -0.4 is 20.1 Å². The van der Waals surface area contributed by atoms with E-state index in [0.29, 0.717) is 35.2 Å². The second-order valence-electron chi connectivity index (χ2n) is 7.18. The van der Waals surface area contributed by atoms with Crippen molar-refractivity contribution in [2.24, 2.45) is 0 Å². The fraction of sp³-hybridized carbons (Fsp3) is 0.160. The molecule has 0 aliphatic rings. The van der Waals surface area contributed by atoms with Crippen molar-refractivity contribution < 1.29 is 18.7 Å². The van der Waals surface area contributed by atoms with Gasteiger partial charge in [-0.15, -0.1) is 0 Å². The van der Waals surface area contributed by atoms with Crippen molar-refractivity contribution in [3.63, 3.8) is 0 Å². The third-order valence-corrected chi connectivity index (χ3v) is 5.00. The van der Waals surface area contributed by atoms with Crippen molar-refractivity contribution in [2.75, 3.05) is 31.4 Å². The maximum Gasteiger partial charge on any atom is 0.258 e. The highest BCUT2D eigenvalue weighted by molar-refractivity contribution is 6.04. The van der Waals surface area contributed by atoms with E-state index in [9.17, 15) is 4.79 Å². The lowest BCUT2D eigenvalue weighted by Crippen LogP contribution is -2.10. The van der Waals surface area contributed by atoms with Crippen molar-refractivity contribution in [3.05, 3.63) is 84.4 Å². The Morgan fingerprint density at radius 3 is 2.70 bits per heavy atom. The number of benzene rings is 2. The fourth-order valence-electron chi connectivity index (χ4n) is 3.31. The summed E-state index contributed by atoms with van der Waals surface area (Å²) in [4.78, 5) is 21.2. The lowest BCUT2D eigenvalue weighted by atomic mass is 10.1. The Morgan fingerprint density at radius 1 is 1.03 bits per heavy atom. The Hall–Kier alpha value is -4.33. The summed E-state index contributed by atoms with van der Waals surface area (Å²) < 4.78 is 15.6. The minimum atomic E-state index is -0.235. The van der Waals surface area contributed by atoms with Crippen LogP contribution in [0.2, 0.25) is 0 Å². The molecule has 4 rings (SSSR count). The van der Waals surface area contributed by atoms with Gasteiger partial charge in [0.1, 0.15) is 6.26 Å². The first-order valence-corrected chi connectivity index (χ1v) is 10.4. The maximum atomic E-state index is 12.3. The zero-order chi connectivity index (χ0) is 23.0. The Morgan fingerprint density at radius 2 is 1.91 bits per heavy atom. The van der Waals surface area contributed by atoms with Gasteiger partial charge in [0.15, 0.2) is 11.5 Å². The number of rotatable bonds is 9. The van der Waals surface area contributed by atoms with Crippen LogP contribution >= 0.6 is 0 Å². The summed E-state index contributed by atoms with van der Waals surface area (Å²) >= 11 is 0. The number of hydrogen-bond donors (Lipinski definition) is 2. The van der Waals surface area contributed by atoms with E-state index in [-0.39, 0.29) is 5.91 Å². The van der Waals surface area contributed by atoms with E-state index in [0.717, 1.165) is 23.2 Å². The summed E-state index contributed by atoms with van der Waals surface area (Å²) in [5.41, 5.74) is 3.85. The molecule has 0 bridgehead atoms. The molecule has 0 saturated carbocycles. The molecule has 2 N–H and O–H groups in total. The van der Waals surface area contributed by atoms with Gasteiger partial charge in [0.05, 0.1) is 31.7 Å². The van der Waals surface area contributed by atoms with Gasteiger partial charge in [-0.2, -0.15) is 0 Å². The number of carbonyl (C=O) groups is 1. The topological polar surface area (TPSA) is 98.5 Å². The molecular weight excluding hydrogens is 420 g/mol. The minimum absolute atomic E-state index is 0.235. The van der Waals surface area contributed by atoms with Gasteiger partial charge in [-0.25, -0.2) is 9.97 Å². The number of methoxy groups -OCH3 is 2. The minimum Gasteiger partial charge on any atom is -0.493 e. The molecule has 2 aromatic heterocycles. The molecule has 0 fully saturated rings. The number of carbonyl (C=O) groups excluding carboxylic acids is 1. The smallest absolute Gasteiger partial charge is 0.258 e. The standard InChI is InChI=1S/C25H24N4O4/c1-31-22-7-6-17(14-23(22)32-2)8-11-26-25-27-12-9-21(29-25)18-4-3-5-20(15-18)28-24(30)19-10-13-33-16-19/h3-7,9-10,12-16H,8,11H2,1-2H3,(H,28,30)(H,26,27,29). The van der Waals surface area contributed by atoms with Gasteiger partial charge in [-0.1, -0.05) is 18.2 Å². The van der Waals surface area contributed by atoms with E-state index >= 15 is 0 Å². The third-order valence-electron chi connectivity index (χ3n) is 5.00. The Kier molecular flexibility index (Phi) is 6.84. The molecule has 2 aromatic carbocycles. The number of anilines is 2. The number of aromatic nitrogens is 2. The summed E-state index contributed by atoms with van der Waals surface area (Å²) in [5, 5.41) is 6.12. The number of nitrogens with zero attached hydrogens (tertiary/aromatic N) is 2. The van der Waals surface area contributed by atoms with E-state index < -0.39 is 0 Å². The van der Waals surface area contributed by atoms with Crippen LogP contribution in [0.4, 0.5) is 11.6 Å². The summed E-state index contributed by atoms with van der Waals surface area (Å²) in [5.74, 6) is 1.70. The first-order chi connectivity index (χ1) is 16.2. The van der Waals surface area contributed by atoms with E-state index in [1.807, 2.05) is 48.5 Å². The highest BCUT2D eigenvalue weighted by Crippen LogP contribution is 2.27. The average Bonchev–Trinajstić information content (AvgIpc) is 3.40. The first kappa shape index (κ1) is 21.9. The van der Waals surface area contributed by atoms with Crippen molar-refractivity contribution in [1.82, 2.24) is 9.97 Å². The van der Waals surface area contributed by atoms with E-state index in [2.05, 4.69) is 20.6 Å². The maximum absolute atomic E-state index is 12.3. The van der Waals surface area contributed by atoms with Crippen LogP contribution in [-0.4, -0.2) is 36.6 Å². The van der Waals surface area contributed by atoms with Crippen LogP contribution in [0.25, 0.3) is 11.3 Å². The highest BCUT2D eigenvalue weighted by atomic mass is 16.5. The molecule has 0 aliphatic carbocycles. The number of furan rings is 1. The highest BCUT2D eigenvalue weighted by Gasteiger charge is 2.09. The summed E-state index contributed by atoms with van der Waals surface area (Å²) in [6, 6.07) is 16.8. The zero-order valence-corrected chi connectivity index (χ0v) is 18.4. The third kappa shape index (κ3) is 5.48. The molecule has 0 spiro atoms. The van der Waals surface area contributed by atoms with Crippen LogP contribution in [0.15, 0.2) is 77.7 Å². The number of amides is 1. The fourth-order valence-corrected chi connectivity index (χ4v) is 3.31. The summed E-state index contributed by atoms with van der Waals surface area (Å²) in [6.07, 6.45) is 5.34. The molecule has 0 radical (unpaired) electrons. The number of hydrogen-bond acceptors (Lipinski definition) is 7. The van der Waals surface area contributed by atoms with Crippen LogP contribution in [-0.2, 0) is 6.42 Å². The molecule has 8 heteroatoms. The van der Waals surface area contributed by atoms with Gasteiger partial charge in [-0.05, 0) is 48.4 Å². The predicted octanol–water partition coefficient (Wildman–Crippen LogP) is 4.66. The predicted molar refractivity (Wildman–Crippen MR) is 126 cm³/mol. The average molecular weight is 444 g/mol. The molecule has 1 amide bonds. The van der Waals surface area contributed by atoms with Crippen LogP contribution in [0.5, 0.6) is 11.5 Å². The van der Waals surface area contributed by atoms with Crippen molar-refractivity contribution in [1.29, 1.82) is 0 Å². The van der Waals surface area contributed by atoms with E-state index in [1.165, 1.54) is 12.5 Å². The largest absolute Gasteiger partial charge is 0.493 e. The normalized spacial score (nSPS) is 10.5. The second kappa shape index (κ2) is 10.3. The summed E-state index contributed by atoms with van der Waals surface area (Å²) in [7, 11) is 3.24. The van der Waals surface area contributed by atoms with Gasteiger partial charge in [0.25, 0.3) is 5.91 Å². The van der Waals surface area contributed by atoms with Crippen LogP contribution in [0.3, 0.4) is 0 Å². The molecule has 0 saturated heterocycles. The first-order valence-electron chi connectivity index (χ1n) is 10.4. The molecule has 33 heavy (non-hydrogen) atoms. The summed E-state index contributed by atoms with van der Waals surface area (Å²) in [6.45, 7) is 0.653. The zero-order valence-electron chi connectivity index (χ0n) is 18.4. The molecule has 168 valence electrons. The second-order valence-corrected chi connectivity index (χ2v) is 7.18. The molecular formula is C25H24N4O4. The van der Waals surface area contributed by atoms with Gasteiger partial charge >= 0.3 is 0 Å². The van der Waals surface area contributed by atoms with Gasteiger partial charge in [0.2, 0.25) is 5.95 Å². The van der Waals surface area contributed by atoms with Gasteiger partial charge < -0.3 is 24.5 Å². The van der Waals surface area contributed by atoms with Crippen molar-refractivity contribution >= 4 is 17.5 Å². The van der Waals surface area contributed by atoms with Crippen molar-refractivity contribution in [3.8, 4) is 22.8 Å². The molecule has 4 aromatic rings. The lowest BCUT2D eigenvalue weighted by Gasteiger charge is -2.11. The van der Waals surface area contributed by atoms with Gasteiger partial charge in [-0.3, -0.25) is 4.79 Å². The van der Waals surface area contributed by atoms with E-state index in [1.54, 1.807) is 26.5 Å². The van der Waals surface area contributed by atoms with Gasteiger partial charge in [0, 0.05) is 24.0 Å². The Balaban J connectivity index is 1.40. The SMILES string of the molecule is COc1ccc(CCNc2nccc(-c3cccc(NC(=O)c4ccoc4)c3)n2)cc1OC. The quantitative estimate of drug-likeness (QED) is 0.387.